The number of fused-ring (bicyclic) bond motifs is 1. The number of hydrogen-bond acceptors (Lipinski definition) is 4. The molecule has 1 aromatic rings. The number of nitrogens with zero attached hydrogens (tertiary/aromatic N) is 2. The maximum atomic E-state index is 9.88. The first kappa shape index (κ1) is 15.7. The Morgan fingerprint density at radius 3 is 2.90 bits per heavy atom. The maximum Gasteiger partial charge on any atom is 0.124 e. The van der Waals surface area contributed by atoms with Crippen LogP contribution in [0.15, 0.2) is 18.2 Å². The summed E-state index contributed by atoms with van der Waals surface area (Å²) in [6.07, 6.45) is 3.60. The van der Waals surface area contributed by atoms with Gasteiger partial charge in [-0.05, 0) is 64.5 Å². The van der Waals surface area contributed by atoms with Crippen molar-refractivity contribution in [3.05, 3.63) is 23.8 Å². The molecule has 0 spiro atoms. The summed E-state index contributed by atoms with van der Waals surface area (Å²) in [7, 11) is 5.78. The fraction of sp³-hybridized carbons (Fsp3) is 0.588. The number of methoxy groups -OCH3 is 1. The topological polar surface area (TPSA) is 45.5 Å². The van der Waals surface area contributed by atoms with Gasteiger partial charge in [0.05, 0.1) is 25.2 Å². The van der Waals surface area contributed by atoms with Crippen LogP contribution in [0, 0.1) is 11.3 Å². The molecule has 0 saturated carbocycles. The quantitative estimate of drug-likeness (QED) is 0.835. The van der Waals surface area contributed by atoms with Crippen molar-refractivity contribution in [1.82, 2.24) is 4.90 Å². The fourth-order valence-corrected chi connectivity index (χ4v) is 2.96. The van der Waals surface area contributed by atoms with Crippen molar-refractivity contribution < 1.29 is 9.47 Å². The van der Waals surface area contributed by atoms with Crippen LogP contribution in [0.25, 0.3) is 0 Å². The molecule has 2 rings (SSSR count). The first-order valence-electron chi connectivity index (χ1n) is 7.48. The minimum absolute atomic E-state index is 0.462. The van der Waals surface area contributed by atoms with E-state index < -0.39 is 5.41 Å². The second-order valence-electron chi connectivity index (χ2n) is 5.91. The van der Waals surface area contributed by atoms with Crippen LogP contribution >= 0.6 is 0 Å². The molecule has 0 aromatic heterocycles. The molecule has 1 aliphatic heterocycles. The predicted molar refractivity (Wildman–Crippen MR) is 82.8 cm³/mol. The standard InChI is InChI=1S/C17H24N2O2/c1-19(2)10-4-8-17(13-18)9-5-11-21-16-7-6-14(20-3)12-15(16)17/h6-7,12H,4-5,8-11H2,1-3H3. The van der Waals surface area contributed by atoms with Crippen molar-refractivity contribution in [2.24, 2.45) is 0 Å². The molecular weight excluding hydrogens is 264 g/mol. The molecule has 4 heteroatoms. The van der Waals surface area contributed by atoms with E-state index in [0.29, 0.717) is 6.61 Å². The van der Waals surface area contributed by atoms with Crippen LogP contribution in [0.5, 0.6) is 11.5 Å². The summed E-state index contributed by atoms with van der Waals surface area (Å²) >= 11 is 0. The van der Waals surface area contributed by atoms with Crippen LogP contribution in [-0.2, 0) is 5.41 Å². The molecular formula is C17H24N2O2. The molecule has 1 atom stereocenters. The van der Waals surface area contributed by atoms with Gasteiger partial charge in [0.15, 0.2) is 0 Å². The van der Waals surface area contributed by atoms with Gasteiger partial charge in [0, 0.05) is 5.56 Å². The smallest absolute Gasteiger partial charge is 0.124 e. The summed E-state index contributed by atoms with van der Waals surface area (Å²) in [5, 5.41) is 9.88. The van der Waals surface area contributed by atoms with Crippen LogP contribution in [0.4, 0.5) is 0 Å². The average molecular weight is 288 g/mol. The summed E-state index contributed by atoms with van der Waals surface area (Å²) in [5.41, 5.74) is 0.525. The third kappa shape index (κ3) is 3.48. The molecule has 1 heterocycles. The molecule has 0 N–H and O–H groups in total. The van der Waals surface area contributed by atoms with Gasteiger partial charge in [-0.15, -0.1) is 0 Å². The highest BCUT2D eigenvalue weighted by Crippen LogP contribution is 2.42. The monoisotopic (exact) mass is 288 g/mol. The van der Waals surface area contributed by atoms with E-state index in [-0.39, 0.29) is 0 Å². The molecule has 0 fully saturated rings. The van der Waals surface area contributed by atoms with Crippen LogP contribution in [-0.4, -0.2) is 39.3 Å². The van der Waals surface area contributed by atoms with E-state index in [1.807, 2.05) is 18.2 Å². The highest BCUT2D eigenvalue weighted by atomic mass is 16.5. The van der Waals surface area contributed by atoms with Crippen LogP contribution in [0.1, 0.15) is 31.2 Å². The molecule has 1 aromatic carbocycles. The Hall–Kier alpha value is -1.73. The first-order valence-corrected chi connectivity index (χ1v) is 7.48. The van der Waals surface area contributed by atoms with Gasteiger partial charge in [0.25, 0.3) is 0 Å². The normalized spacial score (nSPS) is 21.1. The van der Waals surface area contributed by atoms with Gasteiger partial charge in [-0.2, -0.15) is 5.26 Å². The van der Waals surface area contributed by atoms with E-state index in [9.17, 15) is 5.26 Å². The lowest BCUT2D eigenvalue weighted by atomic mass is 9.74. The number of rotatable bonds is 5. The zero-order valence-electron chi connectivity index (χ0n) is 13.2. The summed E-state index contributed by atoms with van der Waals surface area (Å²) in [5.74, 6) is 1.62. The highest BCUT2D eigenvalue weighted by Gasteiger charge is 2.36. The Morgan fingerprint density at radius 2 is 2.24 bits per heavy atom. The lowest BCUT2D eigenvalue weighted by Crippen LogP contribution is -2.26. The Labute approximate surface area is 127 Å². The van der Waals surface area contributed by atoms with Crippen LogP contribution in [0.2, 0.25) is 0 Å². The molecule has 0 radical (unpaired) electrons. The largest absolute Gasteiger partial charge is 0.497 e. The van der Waals surface area contributed by atoms with Gasteiger partial charge in [-0.1, -0.05) is 0 Å². The third-order valence-electron chi connectivity index (χ3n) is 4.13. The minimum Gasteiger partial charge on any atom is -0.497 e. The molecule has 0 saturated heterocycles. The van der Waals surface area contributed by atoms with E-state index in [1.165, 1.54) is 0 Å². The van der Waals surface area contributed by atoms with Crippen molar-refractivity contribution in [2.75, 3.05) is 34.4 Å². The summed E-state index contributed by atoms with van der Waals surface area (Å²) < 4.78 is 11.1. The highest BCUT2D eigenvalue weighted by molar-refractivity contribution is 5.48. The summed E-state index contributed by atoms with van der Waals surface area (Å²) in [6, 6.07) is 8.38. The molecule has 21 heavy (non-hydrogen) atoms. The molecule has 0 amide bonds. The number of benzene rings is 1. The van der Waals surface area contributed by atoms with Gasteiger partial charge >= 0.3 is 0 Å². The van der Waals surface area contributed by atoms with Crippen molar-refractivity contribution >= 4 is 0 Å². The Morgan fingerprint density at radius 1 is 1.43 bits per heavy atom. The third-order valence-corrected chi connectivity index (χ3v) is 4.13. The van der Waals surface area contributed by atoms with E-state index in [2.05, 4.69) is 25.1 Å². The lowest BCUT2D eigenvalue weighted by molar-refractivity contribution is 0.311. The second-order valence-corrected chi connectivity index (χ2v) is 5.91. The molecule has 1 aliphatic rings. The predicted octanol–water partition coefficient (Wildman–Crippen LogP) is 2.97. The fourth-order valence-electron chi connectivity index (χ4n) is 2.96. The van der Waals surface area contributed by atoms with E-state index in [4.69, 9.17) is 9.47 Å². The molecule has 114 valence electrons. The van der Waals surface area contributed by atoms with Crippen LogP contribution < -0.4 is 9.47 Å². The molecule has 4 nitrogen and oxygen atoms in total. The summed E-state index contributed by atoms with van der Waals surface area (Å²) in [6.45, 7) is 1.67. The Balaban J connectivity index is 2.34. The van der Waals surface area contributed by atoms with E-state index in [1.54, 1.807) is 7.11 Å². The Kier molecular flexibility index (Phi) is 5.08. The number of ether oxygens (including phenoxy) is 2. The first-order chi connectivity index (χ1) is 10.1. The molecule has 0 bridgehead atoms. The van der Waals surface area contributed by atoms with Crippen LogP contribution in [0.3, 0.4) is 0 Å². The SMILES string of the molecule is COc1ccc2c(c1)C(C#N)(CCCN(C)C)CCCO2. The van der Waals surface area contributed by atoms with Gasteiger partial charge < -0.3 is 14.4 Å². The minimum atomic E-state index is -0.462. The summed E-state index contributed by atoms with van der Waals surface area (Å²) in [4.78, 5) is 2.16. The van der Waals surface area contributed by atoms with Crippen molar-refractivity contribution in [3.63, 3.8) is 0 Å². The van der Waals surface area contributed by atoms with Gasteiger partial charge in [0.1, 0.15) is 11.5 Å². The second kappa shape index (κ2) is 6.82. The lowest BCUT2D eigenvalue weighted by Gasteiger charge is -2.27. The molecule has 1 unspecified atom stereocenters. The average Bonchev–Trinajstić information content (AvgIpc) is 2.66. The zero-order valence-corrected chi connectivity index (χ0v) is 13.2. The van der Waals surface area contributed by atoms with E-state index in [0.717, 1.165) is 49.3 Å². The maximum absolute atomic E-state index is 9.88. The van der Waals surface area contributed by atoms with Gasteiger partial charge in [-0.3, -0.25) is 0 Å². The Bertz CT molecular complexity index is 522. The molecule has 0 aliphatic carbocycles. The number of hydrogen-bond donors (Lipinski definition) is 0. The van der Waals surface area contributed by atoms with Crippen molar-refractivity contribution in [2.45, 2.75) is 31.1 Å². The van der Waals surface area contributed by atoms with Gasteiger partial charge in [-0.25, -0.2) is 0 Å². The zero-order chi connectivity index (χ0) is 15.3. The van der Waals surface area contributed by atoms with Crippen molar-refractivity contribution in [3.8, 4) is 17.6 Å². The van der Waals surface area contributed by atoms with Gasteiger partial charge in [0.2, 0.25) is 0 Å². The van der Waals surface area contributed by atoms with Crippen molar-refractivity contribution in [1.29, 1.82) is 5.26 Å². The van der Waals surface area contributed by atoms with E-state index >= 15 is 0 Å². The number of nitriles is 1.